The van der Waals surface area contributed by atoms with Gasteiger partial charge in [-0.2, -0.15) is 0 Å². The maximum Gasteiger partial charge on any atom is 0.212 e. The van der Waals surface area contributed by atoms with E-state index in [2.05, 4.69) is 76.0 Å². The summed E-state index contributed by atoms with van der Waals surface area (Å²) in [5.41, 5.74) is 14.7. The first-order valence-corrected chi connectivity index (χ1v) is 13.3. The van der Waals surface area contributed by atoms with Crippen molar-refractivity contribution in [3.63, 3.8) is 0 Å². The van der Waals surface area contributed by atoms with Gasteiger partial charge in [-0.05, 0) is 73.7 Å². The lowest BCUT2D eigenvalue weighted by atomic mass is 10.1. The van der Waals surface area contributed by atoms with Gasteiger partial charge in [0.2, 0.25) is 5.95 Å². The Bertz CT molecular complexity index is 1380. The number of hydrogen-bond donors (Lipinski definition) is 2. The Kier molecular flexibility index (Phi) is 6.34. The van der Waals surface area contributed by atoms with Crippen molar-refractivity contribution in [2.45, 2.75) is 32.9 Å². The minimum absolute atomic E-state index is 0.225. The number of aromatic nitrogens is 2. The van der Waals surface area contributed by atoms with Crippen LogP contribution in [0, 0.1) is 0 Å². The number of imidazole rings is 1. The largest absolute Gasteiger partial charge is 0.378 e. The van der Waals surface area contributed by atoms with Crippen LogP contribution in [0.15, 0.2) is 70.4 Å². The molecule has 0 radical (unpaired) electrons. The lowest BCUT2D eigenvalue weighted by Gasteiger charge is -2.33. The third kappa shape index (κ3) is 4.35. The highest BCUT2D eigenvalue weighted by molar-refractivity contribution is 5.94. The average molecular weight is 498 g/mol. The highest BCUT2D eigenvalue weighted by Crippen LogP contribution is 2.44. The minimum atomic E-state index is -0.225. The molecule has 8 heteroatoms. The van der Waals surface area contributed by atoms with Crippen molar-refractivity contribution in [1.82, 2.24) is 14.5 Å². The maximum atomic E-state index is 6.28. The van der Waals surface area contributed by atoms with Crippen molar-refractivity contribution in [2.24, 2.45) is 10.7 Å². The van der Waals surface area contributed by atoms with Crippen LogP contribution < -0.4 is 16.0 Å². The molecule has 3 N–H and O–H groups in total. The summed E-state index contributed by atoms with van der Waals surface area (Å²) in [5.74, 6) is 1.16. The molecule has 2 aliphatic heterocycles. The number of ether oxygens (including phenoxy) is 1. The molecule has 3 heterocycles. The number of fused-ring (bicyclic) bond motifs is 3. The first-order chi connectivity index (χ1) is 18.2. The molecule has 3 aliphatic rings. The van der Waals surface area contributed by atoms with E-state index in [1.807, 2.05) is 12.1 Å². The van der Waals surface area contributed by atoms with Gasteiger partial charge in [-0.25, -0.2) is 9.98 Å². The fourth-order valence-corrected chi connectivity index (χ4v) is 5.82. The van der Waals surface area contributed by atoms with Gasteiger partial charge in [-0.15, -0.1) is 0 Å². The van der Waals surface area contributed by atoms with E-state index in [1.165, 1.54) is 28.1 Å². The molecule has 1 aromatic heterocycles. The van der Waals surface area contributed by atoms with E-state index in [4.69, 9.17) is 20.4 Å². The summed E-state index contributed by atoms with van der Waals surface area (Å²) in [4.78, 5) is 14.6. The number of anilines is 2. The van der Waals surface area contributed by atoms with Gasteiger partial charge in [0.05, 0.1) is 24.2 Å². The molecule has 3 aromatic rings. The van der Waals surface area contributed by atoms with Crippen molar-refractivity contribution in [3.05, 3.63) is 70.9 Å². The zero-order valence-electron chi connectivity index (χ0n) is 21.7. The molecule has 6 rings (SSSR count). The highest BCUT2D eigenvalue weighted by atomic mass is 16.5. The second kappa shape index (κ2) is 9.94. The zero-order valence-corrected chi connectivity index (χ0v) is 21.7. The Hall–Kier alpha value is -3.78. The van der Waals surface area contributed by atoms with E-state index < -0.39 is 0 Å². The Labute approximate surface area is 218 Å². The average Bonchev–Trinajstić information content (AvgIpc) is 3.51. The molecule has 1 aliphatic carbocycles. The molecular formula is C29H35N7O. The van der Waals surface area contributed by atoms with Gasteiger partial charge in [0, 0.05) is 37.6 Å². The van der Waals surface area contributed by atoms with Crippen LogP contribution in [0.4, 0.5) is 11.6 Å². The smallest absolute Gasteiger partial charge is 0.212 e. The quantitative estimate of drug-likeness (QED) is 0.519. The third-order valence-electron chi connectivity index (χ3n) is 7.62. The van der Waals surface area contributed by atoms with Crippen LogP contribution in [0.25, 0.3) is 17.1 Å². The van der Waals surface area contributed by atoms with E-state index in [0.717, 1.165) is 69.2 Å². The number of nitrogens with two attached hydrogens (primary N) is 1. The summed E-state index contributed by atoms with van der Waals surface area (Å²) in [5, 5.41) is 3.18. The Morgan fingerprint density at radius 1 is 1.05 bits per heavy atom. The first-order valence-electron chi connectivity index (χ1n) is 13.3. The van der Waals surface area contributed by atoms with E-state index in [9.17, 15) is 0 Å². The summed E-state index contributed by atoms with van der Waals surface area (Å²) in [6.45, 7) is 9.63. The number of guanidine groups is 1. The molecule has 192 valence electrons. The van der Waals surface area contributed by atoms with Gasteiger partial charge >= 0.3 is 0 Å². The standard InChI is InChI=1S/C29H35N7O/c1-3-34(4-2)22-12-9-20(10-13-22)19-21-11-14-23(26(21)35-15-17-37-18-16-35)27-32-28(30)33-29-31-24-7-5-6-8-25(24)36(27)29/h5-10,12-13,19,27H,3-4,11,14-18H2,1-2H3,(H3,30,31,32,33)/b21-19+/t27-/m0/s1. The number of nitrogens with one attached hydrogen (secondary N) is 1. The van der Waals surface area contributed by atoms with Gasteiger partial charge in [0.1, 0.15) is 0 Å². The van der Waals surface area contributed by atoms with Gasteiger partial charge < -0.3 is 20.3 Å². The van der Waals surface area contributed by atoms with Crippen molar-refractivity contribution >= 4 is 34.7 Å². The number of rotatable bonds is 6. The molecule has 0 spiro atoms. The number of nitrogens with zero attached hydrogens (tertiary/aromatic N) is 5. The van der Waals surface area contributed by atoms with E-state index in [0.29, 0.717) is 5.96 Å². The fraction of sp³-hybridized carbons (Fsp3) is 0.379. The summed E-state index contributed by atoms with van der Waals surface area (Å²) >= 11 is 0. The van der Waals surface area contributed by atoms with E-state index in [1.54, 1.807) is 0 Å². The topological polar surface area (TPSA) is 83.9 Å². The molecule has 37 heavy (non-hydrogen) atoms. The van der Waals surface area contributed by atoms with Gasteiger partial charge in [0.25, 0.3) is 0 Å². The number of hydrogen-bond acceptors (Lipinski definition) is 7. The Morgan fingerprint density at radius 3 is 2.57 bits per heavy atom. The van der Waals surface area contributed by atoms with Crippen LogP contribution in [0.3, 0.4) is 0 Å². The molecule has 0 bridgehead atoms. The van der Waals surface area contributed by atoms with E-state index in [-0.39, 0.29) is 6.17 Å². The predicted octanol–water partition coefficient (Wildman–Crippen LogP) is 4.59. The summed E-state index contributed by atoms with van der Waals surface area (Å²) < 4.78 is 7.91. The first kappa shape index (κ1) is 23.6. The monoisotopic (exact) mass is 497 g/mol. The molecule has 1 atom stereocenters. The van der Waals surface area contributed by atoms with Crippen LogP contribution in [0.2, 0.25) is 0 Å². The Balaban J connectivity index is 1.44. The minimum Gasteiger partial charge on any atom is -0.378 e. The van der Waals surface area contributed by atoms with Crippen LogP contribution in [-0.2, 0) is 4.74 Å². The van der Waals surface area contributed by atoms with Crippen LogP contribution >= 0.6 is 0 Å². The van der Waals surface area contributed by atoms with Crippen molar-refractivity contribution < 1.29 is 4.74 Å². The highest BCUT2D eigenvalue weighted by Gasteiger charge is 2.34. The van der Waals surface area contributed by atoms with Crippen LogP contribution in [0.1, 0.15) is 38.4 Å². The van der Waals surface area contributed by atoms with Gasteiger partial charge in [0.15, 0.2) is 12.1 Å². The normalized spacial score (nSPS) is 20.8. The molecule has 0 saturated carbocycles. The summed E-state index contributed by atoms with van der Waals surface area (Å²) in [7, 11) is 0. The van der Waals surface area contributed by atoms with Gasteiger partial charge in [-0.1, -0.05) is 24.3 Å². The molecule has 0 amide bonds. The van der Waals surface area contributed by atoms with Crippen LogP contribution in [-0.4, -0.2) is 59.8 Å². The fourth-order valence-electron chi connectivity index (χ4n) is 5.82. The SMILES string of the molecule is CCN(CC)c1ccc(/C=C2\CCC([C@H]3N=C(N)Nc4nc5ccccc5n43)=C2N2CCOCC2)cc1. The van der Waals surface area contributed by atoms with Crippen molar-refractivity contribution in [2.75, 3.05) is 49.6 Å². The van der Waals surface area contributed by atoms with Crippen molar-refractivity contribution in [3.8, 4) is 0 Å². The summed E-state index contributed by atoms with van der Waals surface area (Å²) in [6, 6.07) is 17.1. The van der Waals surface area contributed by atoms with Crippen molar-refractivity contribution in [1.29, 1.82) is 0 Å². The van der Waals surface area contributed by atoms with Crippen LogP contribution in [0.5, 0.6) is 0 Å². The third-order valence-corrected chi connectivity index (χ3v) is 7.62. The summed E-state index contributed by atoms with van der Waals surface area (Å²) in [6.07, 6.45) is 4.03. The Morgan fingerprint density at radius 2 is 1.81 bits per heavy atom. The molecule has 1 saturated heterocycles. The molecule has 0 unspecified atom stereocenters. The second-order valence-electron chi connectivity index (χ2n) is 9.71. The lowest BCUT2D eigenvalue weighted by Crippen LogP contribution is -2.37. The molecular weight excluding hydrogens is 462 g/mol. The number of morpholine rings is 1. The lowest BCUT2D eigenvalue weighted by molar-refractivity contribution is 0.0544. The van der Waals surface area contributed by atoms with E-state index >= 15 is 0 Å². The molecule has 2 aromatic carbocycles. The number of aliphatic imine (C=N–C) groups is 1. The molecule has 8 nitrogen and oxygen atoms in total. The zero-order chi connectivity index (χ0) is 25.4. The number of benzene rings is 2. The molecule has 1 fully saturated rings. The van der Waals surface area contributed by atoms with Gasteiger partial charge in [-0.3, -0.25) is 9.88 Å². The second-order valence-corrected chi connectivity index (χ2v) is 9.71. The number of para-hydroxylation sites is 2. The number of allylic oxidation sites excluding steroid dienone is 1. The maximum absolute atomic E-state index is 6.28. The predicted molar refractivity (Wildman–Crippen MR) is 151 cm³/mol.